The molecule has 0 aliphatic carbocycles. The lowest BCUT2D eigenvalue weighted by atomic mass is 10.4. The Morgan fingerprint density at radius 2 is 2.00 bits per heavy atom. The van der Waals surface area contributed by atoms with E-state index in [2.05, 4.69) is 50.1 Å². The van der Waals surface area contributed by atoms with Crippen LogP contribution in [0.25, 0.3) is 0 Å². The van der Waals surface area contributed by atoms with E-state index in [1.807, 2.05) is 18.2 Å². The molecule has 0 aliphatic heterocycles. The summed E-state index contributed by atoms with van der Waals surface area (Å²) in [5.41, 5.74) is 0. The molecular formula is C10H10Br2S. The van der Waals surface area contributed by atoms with Gasteiger partial charge in [0, 0.05) is 10.2 Å². The van der Waals surface area contributed by atoms with Crippen LogP contribution in [0, 0.1) is 0 Å². The highest BCUT2D eigenvalue weighted by Crippen LogP contribution is 2.30. The third-order valence-electron chi connectivity index (χ3n) is 1.37. The number of allylic oxidation sites excluding steroid dienone is 1. The van der Waals surface area contributed by atoms with Gasteiger partial charge >= 0.3 is 0 Å². The number of alkyl halides is 1. The molecule has 0 saturated heterocycles. The van der Waals surface area contributed by atoms with Gasteiger partial charge in [0.25, 0.3) is 0 Å². The predicted molar refractivity (Wildman–Crippen MR) is 67.7 cm³/mol. The topological polar surface area (TPSA) is 0 Å². The van der Waals surface area contributed by atoms with Gasteiger partial charge in [-0.25, -0.2) is 0 Å². The molecule has 0 saturated carbocycles. The first-order chi connectivity index (χ1) is 6.33. The van der Waals surface area contributed by atoms with Gasteiger partial charge in [0.15, 0.2) is 0 Å². The molecule has 1 rings (SSSR count). The van der Waals surface area contributed by atoms with E-state index >= 15 is 0 Å². The molecule has 0 spiro atoms. The van der Waals surface area contributed by atoms with Gasteiger partial charge in [0.1, 0.15) is 0 Å². The summed E-state index contributed by atoms with van der Waals surface area (Å²) >= 11 is 8.65. The fourth-order valence-corrected chi connectivity index (χ4v) is 2.55. The molecule has 1 aromatic rings. The average molecular weight is 322 g/mol. The first-order valence-corrected chi connectivity index (χ1v) is 6.70. The van der Waals surface area contributed by atoms with Crippen LogP contribution in [0.1, 0.15) is 6.42 Å². The fourth-order valence-electron chi connectivity index (χ4n) is 0.811. The molecule has 0 atom stereocenters. The second-order valence-electron chi connectivity index (χ2n) is 2.40. The van der Waals surface area contributed by atoms with Gasteiger partial charge in [-0.3, -0.25) is 0 Å². The maximum Gasteiger partial charge on any atom is 0.0511 e. The van der Waals surface area contributed by atoms with Gasteiger partial charge in [-0.1, -0.05) is 52.0 Å². The summed E-state index contributed by atoms with van der Waals surface area (Å²) in [6.07, 6.45) is 3.23. The summed E-state index contributed by atoms with van der Waals surface area (Å²) in [5, 5.41) is 1.01. The van der Waals surface area contributed by atoms with Crippen LogP contribution in [0.4, 0.5) is 0 Å². The number of rotatable bonds is 4. The molecule has 1 aromatic carbocycles. The van der Waals surface area contributed by atoms with Crippen molar-refractivity contribution in [2.24, 2.45) is 0 Å². The highest BCUT2D eigenvalue weighted by molar-refractivity contribution is 9.14. The Kier molecular flexibility index (Phi) is 5.83. The molecule has 0 aliphatic rings. The second-order valence-corrected chi connectivity index (χ2v) is 5.69. The van der Waals surface area contributed by atoms with Crippen LogP contribution in [-0.4, -0.2) is 5.33 Å². The Bertz CT molecular complexity index is 270. The van der Waals surface area contributed by atoms with Crippen molar-refractivity contribution in [1.82, 2.24) is 0 Å². The van der Waals surface area contributed by atoms with E-state index in [0.717, 1.165) is 11.8 Å². The molecule has 0 amide bonds. The molecule has 70 valence electrons. The van der Waals surface area contributed by atoms with Gasteiger partial charge in [-0.05, 0) is 34.5 Å². The van der Waals surface area contributed by atoms with E-state index in [9.17, 15) is 0 Å². The van der Waals surface area contributed by atoms with Crippen molar-refractivity contribution in [3.05, 3.63) is 40.2 Å². The molecule has 0 unspecified atom stereocenters. The highest BCUT2D eigenvalue weighted by Gasteiger charge is 1.94. The first kappa shape index (κ1) is 11.3. The van der Waals surface area contributed by atoms with Gasteiger partial charge in [-0.15, -0.1) is 0 Å². The van der Waals surface area contributed by atoms with Gasteiger partial charge in [-0.2, -0.15) is 0 Å². The van der Waals surface area contributed by atoms with Crippen LogP contribution in [0.2, 0.25) is 0 Å². The van der Waals surface area contributed by atoms with Crippen LogP contribution in [0.3, 0.4) is 0 Å². The quantitative estimate of drug-likeness (QED) is 0.567. The van der Waals surface area contributed by atoms with E-state index in [-0.39, 0.29) is 0 Å². The Hall–Kier alpha value is 0.270. The molecule has 0 radical (unpaired) electrons. The van der Waals surface area contributed by atoms with E-state index in [1.54, 1.807) is 11.8 Å². The molecule has 0 aromatic heterocycles. The molecule has 0 nitrogen and oxygen atoms in total. The zero-order valence-corrected chi connectivity index (χ0v) is 11.0. The smallest absolute Gasteiger partial charge is 0.0511 e. The van der Waals surface area contributed by atoms with Crippen molar-refractivity contribution in [2.75, 3.05) is 5.33 Å². The highest BCUT2D eigenvalue weighted by atomic mass is 79.9. The zero-order chi connectivity index (χ0) is 9.52. The van der Waals surface area contributed by atoms with Crippen molar-refractivity contribution in [3.8, 4) is 0 Å². The molecule has 0 bridgehead atoms. The predicted octanol–water partition coefficient (Wildman–Crippen LogP) is 4.80. The minimum Gasteiger partial charge on any atom is -0.0925 e. The lowest BCUT2D eigenvalue weighted by Gasteiger charge is -1.98. The standard InChI is InChI=1S/C10H10Br2S/c11-8-4-7-10(12)13-9-5-2-1-3-6-9/h1-3,5-7H,4,8H2/b10-7+. The number of halogens is 2. The van der Waals surface area contributed by atoms with Crippen molar-refractivity contribution in [1.29, 1.82) is 0 Å². The fraction of sp³-hybridized carbons (Fsp3) is 0.200. The third kappa shape index (κ3) is 4.89. The van der Waals surface area contributed by atoms with Crippen molar-refractivity contribution in [3.63, 3.8) is 0 Å². The lowest BCUT2D eigenvalue weighted by Crippen LogP contribution is -1.70. The molecule has 0 N–H and O–H groups in total. The molecule has 3 heteroatoms. The minimum absolute atomic E-state index is 1.01. The minimum atomic E-state index is 1.01. The lowest BCUT2D eigenvalue weighted by molar-refractivity contribution is 1.26. The maximum absolute atomic E-state index is 3.52. The molecular weight excluding hydrogens is 312 g/mol. The first-order valence-electron chi connectivity index (χ1n) is 3.97. The summed E-state index contributed by atoms with van der Waals surface area (Å²) in [4.78, 5) is 1.26. The zero-order valence-electron chi connectivity index (χ0n) is 7.04. The monoisotopic (exact) mass is 320 g/mol. The average Bonchev–Trinajstić information content (AvgIpc) is 2.16. The van der Waals surface area contributed by atoms with Crippen LogP contribution in [0.15, 0.2) is 45.1 Å². The van der Waals surface area contributed by atoms with E-state index < -0.39 is 0 Å². The summed E-state index contributed by atoms with van der Waals surface area (Å²) in [5.74, 6) is 0. The maximum atomic E-state index is 3.52. The number of benzene rings is 1. The van der Waals surface area contributed by atoms with Crippen molar-refractivity contribution in [2.45, 2.75) is 11.3 Å². The van der Waals surface area contributed by atoms with Crippen molar-refractivity contribution < 1.29 is 0 Å². The van der Waals surface area contributed by atoms with Gasteiger partial charge in [0.05, 0.1) is 3.81 Å². The number of hydrogen-bond donors (Lipinski definition) is 0. The van der Waals surface area contributed by atoms with Crippen molar-refractivity contribution >= 4 is 43.6 Å². The van der Waals surface area contributed by atoms with E-state index in [1.165, 1.54) is 8.71 Å². The van der Waals surface area contributed by atoms with E-state index in [0.29, 0.717) is 0 Å². The summed E-state index contributed by atoms with van der Waals surface area (Å²) in [7, 11) is 0. The number of thioether (sulfide) groups is 1. The normalized spacial score (nSPS) is 11.7. The molecule has 13 heavy (non-hydrogen) atoms. The Morgan fingerprint density at radius 3 is 2.62 bits per heavy atom. The Labute approximate surface area is 100 Å². The summed E-state index contributed by atoms with van der Waals surface area (Å²) < 4.78 is 1.18. The van der Waals surface area contributed by atoms with Gasteiger partial charge < -0.3 is 0 Å². The Balaban J connectivity index is 2.50. The number of hydrogen-bond acceptors (Lipinski definition) is 1. The molecule has 0 fully saturated rings. The second kappa shape index (κ2) is 6.68. The van der Waals surface area contributed by atoms with E-state index in [4.69, 9.17) is 0 Å². The Morgan fingerprint density at radius 1 is 1.31 bits per heavy atom. The van der Waals surface area contributed by atoms with Crippen LogP contribution in [-0.2, 0) is 0 Å². The SMILES string of the molecule is BrCC/C=C(\Br)Sc1ccccc1. The van der Waals surface area contributed by atoms with Crippen LogP contribution in [0.5, 0.6) is 0 Å². The van der Waals surface area contributed by atoms with Crippen LogP contribution >= 0.6 is 43.6 Å². The summed E-state index contributed by atoms with van der Waals surface area (Å²) in [6.45, 7) is 0. The molecule has 0 heterocycles. The third-order valence-corrected chi connectivity index (χ3v) is 3.51. The van der Waals surface area contributed by atoms with Gasteiger partial charge in [0.2, 0.25) is 0 Å². The largest absolute Gasteiger partial charge is 0.0925 e. The summed E-state index contributed by atoms with van der Waals surface area (Å²) in [6, 6.07) is 10.3. The van der Waals surface area contributed by atoms with Crippen LogP contribution < -0.4 is 0 Å².